The molecule has 1 aliphatic carbocycles. The van der Waals surface area contributed by atoms with Crippen LogP contribution in [0.15, 0.2) is 35.6 Å². The minimum atomic E-state index is -0.513. The van der Waals surface area contributed by atoms with Gasteiger partial charge in [0.2, 0.25) is 5.88 Å². The predicted molar refractivity (Wildman–Crippen MR) is 107 cm³/mol. The standard InChI is InChI=1S/C21H19ClN4O2/c1-21(2)7-13(27)16-14(8-21)28-20-17(18(24)12(9-23)19(25)26-20)15(16)10-4-3-5-11(22)6-10/h3-6,15H,7-8H2,1-2H3,(H4,24,25,26)/t15-/m1/s1. The summed E-state index contributed by atoms with van der Waals surface area (Å²) in [6.07, 6.45) is 0.987. The molecule has 0 saturated carbocycles. The van der Waals surface area contributed by atoms with E-state index in [-0.39, 0.29) is 34.1 Å². The Morgan fingerprint density at radius 1 is 1.32 bits per heavy atom. The number of hydrogen-bond donors (Lipinski definition) is 2. The number of fused-ring (bicyclic) bond motifs is 1. The molecule has 28 heavy (non-hydrogen) atoms. The van der Waals surface area contributed by atoms with E-state index in [1.165, 1.54) is 0 Å². The van der Waals surface area contributed by atoms with Crippen LogP contribution in [0.2, 0.25) is 5.02 Å². The number of nitrogens with zero attached hydrogens (tertiary/aromatic N) is 2. The number of anilines is 2. The minimum Gasteiger partial charge on any atom is -0.442 e. The van der Waals surface area contributed by atoms with Gasteiger partial charge >= 0.3 is 0 Å². The molecule has 0 bridgehead atoms. The number of aromatic nitrogens is 1. The second kappa shape index (κ2) is 6.25. The van der Waals surface area contributed by atoms with Gasteiger partial charge in [-0.25, -0.2) is 0 Å². The molecule has 1 atom stereocenters. The lowest BCUT2D eigenvalue weighted by molar-refractivity contribution is -0.118. The first-order chi connectivity index (χ1) is 13.2. The van der Waals surface area contributed by atoms with Gasteiger partial charge in [-0.2, -0.15) is 10.2 Å². The average molecular weight is 395 g/mol. The molecule has 2 heterocycles. The van der Waals surface area contributed by atoms with Gasteiger partial charge in [0.1, 0.15) is 23.2 Å². The van der Waals surface area contributed by atoms with Crippen molar-refractivity contribution in [1.29, 1.82) is 5.26 Å². The second-order valence-electron chi connectivity index (χ2n) is 7.98. The number of hydrogen-bond acceptors (Lipinski definition) is 6. The van der Waals surface area contributed by atoms with Gasteiger partial charge in [-0.1, -0.05) is 37.6 Å². The van der Waals surface area contributed by atoms with Crippen molar-refractivity contribution in [3.05, 3.63) is 57.3 Å². The number of halogens is 1. The number of nitriles is 1. The Bertz CT molecular complexity index is 1100. The van der Waals surface area contributed by atoms with Gasteiger partial charge < -0.3 is 16.2 Å². The van der Waals surface area contributed by atoms with Gasteiger partial charge in [-0.05, 0) is 23.1 Å². The smallest absolute Gasteiger partial charge is 0.227 e. The third-order valence-electron chi connectivity index (χ3n) is 5.24. The molecule has 2 aliphatic rings. The SMILES string of the molecule is CC1(C)CC(=O)C2=C(C1)Oc1nc(N)c(C#N)c(N)c1[C@@H]2c1cccc(Cl)c1. The molecular weight excluding hydrogens is 376 g/mol. The van der Waals surface area contributed by atoms with Gasteiger partial charge in [0, 0.05) is 29.4 Å². The minimum absolute atomic E-state index is 0.00314. The summed E-state index contributed by atoms with van der Waals surface area (Å²) in [5.41, 5.74) is 14.1. The molecule has 4 rings (SSSR count). The number of rotatable bonds is 1. The predicted octanol–water partition coefficient (Wildman–Crippen LogP) is 3.94. The van der Waals surface area contributed by atoms with E-state index in [0.717, 1.165) is 5.56 Å². The second-order valence-corrected chi connectivity index (χ2v) is 8.42. The van der Waals surface area contributed by atoms with E-state index in [1.807, 2.05) is 32.0 Å². The Balaban J connectivity index is 2.03. The fraction of sp³-hybridized carbons (Fsp3) is 0.286. The molecule has 0 fully saturated rings. The van der Waals surface area contributed by atoms with E-state index in [1.54, 1.807) is 12.1 Å². The number of carbonyl (C=O) groups excluding carboxylic acids is 1. The highest BCUT2D eigenvalue weighted by atomic mass is 35.5. The van der Waals surface area contributed by atoms with Gasteiger partial charge in [-0.3, -0.25) is 4.79 Å². The zero-order valence-corrected chi connectivity index (χ0v) is 16.3. The van der Waals surface area contributed by atoms with Crippen molar-refractivity contribution in [3.63, 3.8) is 0 Å². The zero-order valence-electron chi connectivity index (χ0n) is 15.5. The number of ether oxygens (including phenoxy) is 1. The Hall–Kier alpha value is -3.04. The first kappa shape index (κ1) is 18.3. The molecule has 0 unspecified atom stereocenters. The summed E-state index contributed by atoms with van der Waals surface area (Å²) < 4.78 is 6.03. The third-order valence-corrected chi connectivity index (χ3v) is 5.47. The van der Waals surface area contributed by atoms with Crippen LogP contribution in [-0.4, -0.2) is 10.8 Å². The number of nitrogens with two attached hydrogens (primary N) is 2. The van der Waals surface area contributed by atoms with Gasteiger partial charge in [0.25, 0.3) is 0 Å². The summed E-state index contributed by atoms with van der Waals surface area (Å²) in [5.74, 6) is 0.310. The molecule has 2 aromatic rings. The maximum atomic E-state index is 13.1. The Kier molecular flexibility index (Phi) is 4.09. The average Bonchev–Trinajstić information content (AvgIpc) is 2.59. The monoisotopic (exact) mass is 394 g/mol. The van der Waals surface area contributed by atoms with Crippen molar-refractivity contribution in [2.75, 3.05) is 11.5 Å². The van der Waals surface area contributed by atoms with Crippen molar-refractivity contribution in [2.24, 2.45) is 5.41 Å². The number of pyridine rings is 1. The van der Waals surface area contributed by atoms with E-state index < -0.39 is 5.92 Å². The summed E-state index contributed by atoms with van der Waals surface area (Å²) in [4.78, 5) is 17.4. The topological polar surface area (TPSA) is 115 Å². The van der Waals surface area contributed by atoms with E-state index >= 15 is 0 Å². The van der Waals surface area contributed by atoms with Crippen LogP contribution in [0.4, 0.5) is 11.5 Å². The van der Waals surface area contributed by atoms with Crippen molar-refractivity contribution >= 4 is 28.9 Å². The van der Waals surface area contributed by atoms with Gasteiger partial charge in [0.15, 0.2) is 5.78 Å². The molecular formula is C21H19ClN4O2. The lowest BCUT2D eigenvalue weighted by Gasteiger charge is -2.38. The highest BCUT2D eigenvalue weighted by Crippen LogP contribution is 2.52. The van der Waals surface area contributed by atoms with Crippen LogP contribution in [0.1, 0.15) is 49.3 Å². The molecule has 0 saturated heterocycles. The summed E-state index contributed by atoms with van der Waals surface area (Å²) in [6, 6.07) is 9.25. The van der Waals surface area contributed by atoms with Crippen LogP contribution >= 0.6 is 11.6 Å². The zero-order chi connectivity index (χ0) is 20.2. The maximum Gasteiger partial charge on any atom is 0.227 e. The van der Waals surface area contributed by atoms with E-state index in [9.17, 15) is 10.1 Å². The molecule has 1 aromatic heterocycles. The van der Waals surface area contributed by atoms with Crippen LogP contribution in [0, 0.1) is 16.7 Å². The van der Waals surface area contributed by atoms with Crippen molar-refractivity contribution in [3.8, 4) is 11.9 Å². The quantitative estimate of drug-likeness (QED) is 0.756. The molecule has 142 valence electrons. The number of ketones is 1. The number of allylic oxidation sites excluding steroid dienone is 2. The molecule has 6 nitrogen and oxygen atoms in total. The molecule has 4 N–H and O–H groups in total. The molecule has 7 heteroatoms. The van der Waals surface area contributed by atoms with E-state index in [0.29, 0.717) is 34.8 Å². The maximum absolute atomic E-state index is 13.1. The number of Topliss-reactive ketones (excluding diaryl/α,β-unsaturated/α-hetero) is 1. The van der Waals surface area contributed by atoms with Crippen molar-refractivity contribution < 1.29 is 9.53 Å². The van der Waals surface area contributed by atoms with E-state index in [4.69, 9.17) is 27.8 Å². The van der Waals surface area contributed by atoms with E-state index in [2.05, 4.69) is 4.98 Å². The lowest BCUT2D eigenvalue weighted by atomic mass is 9.70. The first-order valence-corrected chi connectivity index (χ1v) is 9.28. The molecule has 0 spiro atoms. The molecule has 0 amide bonds. The fourth-order valence-corrected chi connectivity index (χ4v) is 4.26. The summed E-state index contributed by atoms with van der Waals surface area (Å²) in [5, 5.41) is 10.0. The fourth-order valence-electron chi connectivity index (χ4n) is 4.06. The Morgan fingerprint density at radius 2 is 2.07 bits per heavy atom. The largest absolute Gasteiger partial charge is 0.442 e. The highest BCUT2D eigenvalue weighted by molar-refractivity contribution is 6.30. The normalized spacial score (nSPS) is 20.1. The van der Waals surface area contributed by atoms with Crippen LogP contribution in [0.25, 0.3) is 0 Å². The molecule has 1 aliphatic heterocycles. The molecule has 1 aromatic carbocycles. The summed E-state index contributed by atoms with van der Waals surface area (Å²) >= 11 is 6.22. The first-order valence-electron chi connectivity index (χ1n) is 8.90. The molecule has 0 radical (unpaired) electrons. The highest BCUT2D eigenvalue weighted by Gasteiger charge is 2.44. The Labute approximate surface area is 167 Å². The number of nitrogen functional groups attached to an aromatic ring is 2. The number of benzene rings is 1. The van der Waals surface area contributed by atoms with Crippen LogP contribution < -0.4 is 16.2 Å². The third kappa shape index (κ3) is 2.79. The van der Waals surface area contributed by atoms with Gasteiger partial charge in [-0.15, -0.1) is 0 Å². The summed E-state index contributed by atoms with van der Waals surface area (Å²) in [7, 11) is 0. The van der Waals surface area contributed by atoms with Crippen molar-refractivity contribution in [2.45, 2.75) is 32.6 Å². The van der Waals surface area contributed by atoms with Gasteiger partial charge in [0.05, 0.1) is 11.3 Å². The lowest BCUT2D eigenvalue weighted by Crippen LogP contribution is -2.33. The van der Waals surface area contributed by atoms with Crippen LogP contribution in [-0.2, 0) is 4.79 Å². The van der Waals surface area contributed by atoms with Crippen LogP contribution in [0.3, 0.4) is 0 Å². The number of carbonyl (C=O) groups is 1. The van der Waals surface area contributed by atoms with Crippen molar-refractivity contribution in [1.82, 2.24) is 4.98 Å². The van der Waals surface area contributed by atoms with Crippen LogP contribution in [0.5, 0.6) is 5.88 Å². The Morgan fingerprint density at radius 3 is 2.75 bits per heavy atom. The summed E-state index contributed by atoms with van der Waals surface area (Å²) in [6.45, 7) is 4.05.